The van der Waals surface area contributed by atoms with E-state index in [2.05, 4.69) is 29.4 Å². The molecule has 7 nitrogen and oxygen atoms in total. The van der Waals surface area contributed by atoms with Crippen molar-refractivity contribution in [3.8, 4) is 0 Å². The molecular formula is C23H36N4O3. The van der Waals surface area contributed by atoms with Crippen molar-refractivity contribution in [1.29, 1.82) is 0 Å². The number of ether oxygens (including phenoxy) is 1. The van der Waals surface area contributed by atoms with Crippen molar-refractivity contribution in [3.63, 3.8) is 0 Å². The van der Waals surface area contributed by atoms with E-state index in [1.807, 2.05) is 36.9 Å². The van der Waals surface area contributed by atoms with Crippen molar-refractivity contribution < 1.29 is 14.3 Å². The Kier molecular flexibility index (Phi) is 7.72. The first-order valence-corrected chi connectivity index (χ1v) is 11.2. The van der Waals surface area contributed by atoms with E-state index >= 15 is 0 Å². The van der Waals surface area contributed by atoms with Crippen LogP contribution in [0.25, 0.3) is 0 Å². The summed E-state index contributed by atoms with van der Waals surface area (Å²) in [7, 11) is 0. The smallest absolute Gasteiger partial charge is 0.321 e. The van der Waals surface area contributed by atoms with Crippen LogP contribution in [-0.4, -0.2) is 66.7 Å². The fraction of sp³-hybridized carbons (Fsp3) is 0.652. The number of amides is 3. The number of hydrogen-bond donors (Lipinski definition) is 2. The number of rotatable bonds is 5. The Hall–Kier alpha value is -2.12. The van der Waals surface area contributed by atoms with E-state index < -0.39 is 0 Å². The molecule has 3 rings (SSSR count). The second-order valence-corrected chi connectivity index (χ2v) is 8.77. The van der Waals surface area contributed by atoms with Crippen LogP contribution in [0.3, 0.4) is 0 Å². The molecule has 1 aromatic rings. The van der Waals surface area contributed by atoms with Crippen LogP contribution in [0.5, 0.6) is 0 Å². The number of likely N-dealkylation sites (tertiary alicyclic amines) is 1. The number of hydrogen-bond acceptors (Lipinski definition) is 4. The highest BCUT2D eigenvalue weighted by Crippen LogP contribution is 2.24. The molecule has 2 aliphatic rings. The standard InChI is InChI=1S/C23H36N4O3/c1-5-22(28)24-20-7-6-16(2)21(12-20)25-23(29)27-10-8-19(9-11-27)15-26-13-17(3)30-18(4)14-26/h6-7,12,17-19H,5,8-11,13-15H2,1-4H3,(H,24,28)(H,25,29). The fourth-order valence-electron chi connectivity index (χ4n) is 4.40. The van der Waals surface area contributed by atoms with Gasteiger partial charge < -0.3 is 20.3 Å². The third-order valence-corrected chi connectivity index (χ3v) is 6.00. The Morgan fingerprint density at radius 2 is 1.77 bits per heavy atom. The first-order chi connectivity index (χ1) is 14.3. The predicted octanol–water partition coefficient (Wildman–Crippen LogP) is 3.70. The number of benzene rings is 1. The van der Waals surface area contributed by atoms with Gasteiger partial charge in [-0.25, -0.2) is 4.79 Å². The summed E-state index contributed by atoms with van der Waals surface area (Å²) in [5.74, 6) is 0.586. The average Bonchev–Trinajstić information content (AvgIpc) is 2.70. The van der Waals surface area contributed by atoms with Gasteiger partial charge in [0.1, 0.15) is 0 Å². The molecule has 2 N–H and O–H groups in total. The Balaban J connectivity index is 1.49. The second kappa shape index (κ2) is 10.3. The molecule has 0 aliphatic carbocycles. The van der Waals surface area contributed by atoms with E-state index in [1.54, 1.807) is 0 Å². The zero-order chi connectivity index (χ0) is 21.7. The maximum atomic E-state index is 12.8. The topological polar surface area (TPSA) is 73.9 Å². The molecule has 2 heterocycles. The Morgan fingerprint density at radius 3 is 2.40 bits per heavy atom. The van der Waals surface area contributed by atoms with E-state index in [0.717, 1.165) is 56.8 Å². The van der Waals surface area contributed by atoms with Crippen molar-refractivity contribution in [2.75, 3.05) is 43.4 Å². The van der Waals surface area contributed by atoms with Crippen LogP contribution in [0, 0.1) is 12.8 Å². The zero-order valence-electron chi connectivity index (χ0n) is 18.7. The van der Waals surface area contributed by atoms with Crippen LogP contribution in [0.15, 0.2) is 18.2 Å². The van der Waals surface area contributed by atoms with Gasteiger partial charge in [0.2, 0.25) is 5.91 Å². The van der Waals surface area contributed by atoms with Gasteiger partial charge >= 0.3 is 6.03 Å². The molecule has 2 saturated heterocycles. The molecule has 7 heteroatoms. The number of anilines is 2. The summed E-state index contributed by atoms with van der Waals surface area (Å²) in [6.45, 7) is 12.7. The molecule has 0 saturated carbocycles. The van der Waals surface area contributed by atoms with Crippen LogP contribution in [0.1, 0.15) is 45.6 Å². The van der Waals surface area contributed by atoms with Gasteiger partial charge in [-0.1, -0.05) is 13.0 Å². The highest BCUT2D eigenvalue weighted by molar-refractivity contribution is 5.94. The van der Waals surface area contributed by atoms with Crippen molar-refractivity contribution >= 4 is 23.3 Å². The van der Waals surface area contributed by atoms with Crippen LogP contribution >= 0.6 is 0 Å². The molecule has 1 aromatic carbocycles. The fourth-order valence-corrected chi connectivity index (χ4v) is 4.40. The van der Waals surface area contributed by atoms with Gasteiger partial charge in [0.25, 0.3) is 0 Å². The quantitative estimate of drug-likeness (QED) is 0.768. The molecule has 0 bridgehead atoms. The van der Waals surface area contributed by atoms with Crippen LogP contribution in [0.2, 0.25) is 0 Å². The number of nitrogens with one attached hydrogen (secondary N) is 2. The Labute approximate surface area is 180 Å². The SMILES string of the molecule is CCC(=O)Nc1ccc(C)c(NC(=O)N2CCC(CN3CC(C)OC(C)C3)CC2)c1. The van der Waals surface area contributed by atoms with Crippen molar-refractivity contribution in [2.24, 2.45) is 5.92 Å². The van der Waals surface area contributed by atoms with Gasteiger partial charge in [0.05, 0.1) is 12.2 Å². The van der Waals surface area contributed by atoms with E-state index in [-0.39, 0.29) is 11.9 Å². The number of aryl methyl sites for hydroxylation is 1. The third-order valence-electron chi connectivity index (χ3n) is 6.00. The third kappa shape index (κ3) is 6.19. The highest BCUT2D eigenvalue weighted by Gasteiger charge is 2.28. The van der Waals surface area contributed by atoms with Crippen molar-refractivity contribution in [1.82, 2.24) is 9.80 Å². The van der Waals surface area contributed by atoms with E-state index in [9.17, 15) is 9.59 Å². The molecule has 0 radical (unpaired) electrons. The zero-order valence-corrected chi connectivity index (χ0v) is 18.7. The molecule has 2 atom stereocenters. The van der Waals surface area contributed by atoms with Crippen molar-refractivity contribution in [3.05, 3.63) is 23.8 Å². The van der Waals surface area contributed by atoms with Crippen LogP contribution < -0.4 is 10.6 Å². The minimum absolute atomic E-state index is 0.0396. The number of carbonyl (C=O) groups excluding carboxylic acids is 2. The maximum absolute atomic E-state index is 12.8. The molecule has 166 valence electrons. The Morgan fingerprint density at radius 1 is 1.10 bits per heavy atom. The van der Waals surface area contributed by atoms with Gasteiger partial charge in [-0.05, 0) is 57.2 Å². The molecule has 2 unspecified atom stereocenters. The first-order valence-electron chi connectivity index (χ1n) is 11.2. The molecular weight excluding hydrogens is 380 g/mol. The van der Waals surface area contributed by atoms with Gasteiger partial charge in [-0.3, -0.25) is 9.69 Å². The van der Waals surface area contributed by atoms with Gasteiger partial charge in [0.15, 0.2) is 0 Å². The minimum atomic E-state index is -0.0656. The summed E-state index contributed by atoms with van der Waals surface area (Å²) >= 11 is 0. The van der Waals surface area contributed by atoms with Crippen LogP contribution in [0.4, 0.5) is 16.2 Å². The lowest BCUT2D eigenvalue weighted by molar-refractivity contribution is -0.115. The first kappa shape index (κ1) is 22.6. The predicted molar refractivity (Wildman–Crippen MR) is 120 cm³/mol. The van der Waals surface area contributed by atoms with E-state index in [0.29, 0.717) is 30.2 Å². The number of nitrogens with zero attached hydrogens (tertiary/aromatic N) is 2. The molecule has 2 aliphatic heterocycles. The summed E-state index contributed by atoms with van der Waals surface area (Å²) in [6, 6.07) is 5.53. The normalized spacial score (nSPS) is 23.3. The lowest BCUT2D eigenvalue weighted by atomic mass is 9.96. The summed E-state index contributed by atoms with van der Waals surface area (Å²) in [4.78, 5) is 28.8. The molecule has 0 aromatic heterocycles. The number of urea groups is 1. The summed E-state index contributed by atoms with van der Waals surface area (Å²) < 4.78 is 5.83. The lowest BCUT2D eigenvalue weighted by Crippen LogP contribution is -2.49. The monoisotopic (exact) mass is 416 g/mol. The minimum Gasteiger partial charge on any atom is -0.373 e. The summed E-state index contributed by atoms with van der Waals surface area (Å²) in [6.07, 6.45) is 3.06. The molecule has 2 fully saturated rings. The molecule has 3 amide bonds. The summed E-state index contributed by atoms with van der Waals surface area (Å²) in [5, 5.41) is 5.87. The van der Waals surface area contributed by atoms with Gasteiger partial charge in [-0.2, -0.15) is 0 Å². The number of carbonyl (C=O) groups is 2. The highest BCUT2D eigenvalue weighted by atomic mass is 16.5. The maximum Gasteiger partial charge on any atom is 0.321 e. The molecule has 0 spiro atoms. The van der Waals surface area contributed by atoms with Gasteiger partial charge in [-0.15, -0.1) is 0 Å². The lowest BCUT2D eigenvalue weighted by Gasteiger charge is -2.39. The van der Waals surface area contributed by atoms with Gasteiger partial charge in [0, 0.05) is 50.5 Å². The second-order valence-electron chi connectivity index (χ2n) is 8.77. The van der Waals surface area contributed by atoms with E-state index in [4.69, 9.17) is 4.74 Å². The Bertz CT molecular complexity index is 736. The average molecular weight is 417 g/mol. The van der Waals surface area contributed by atoms with Crippen molar-refractivity contribution in [2.45, 2.75) is 59.2 Å². The van der Waals surface area contributed by atoms with E-state index in [1.165, 1.54) is 0 Å². The number of piperidine rings is 1. The largest absolute Gasteiger partial charge is 0.373 e. The molecule has 30 heavy (non-hydrogen) atoms. The van der Waals surface area contributed by atoms with Crippen LogP contribution in [-0.2, 0) is 9.53 Å². The summed E-state index contributed by atoms with van der Waals surface area (Å²) in [5.41, 5.74) is 2.42. The number of morpholine rings is 1.